The molecular formula is C19H18N4O6S. The van der Waals surface area contributed by atoms with Crippen LogP contribution in [0.15, 0.2) is 39.5 Å². The first-order valence-electron chi connectivity index (χ1n) is 9.09. The lowest BCUT2D eigenvalue weighted by Gasteiger charge is -2.26. The van der Waals surface area contributed by atoms with Crippen molar-refractivity contribution in [1.29, 1.82) is 5.26 Å². The van der Waals surface area contributed by atoms with Crippen molar-refractivity contribution in [3.63, 3.8) is 0 Å². The highest BCUT2D eigenvalue weighted by molar-refractivity contribution is 7.15. The number of thiophene rings is 1. The molecule has 1 saturated heterocycles. The highest BCUT2D eigenvalue weighted by Crippen LogP contribution is 2.31. The number of fused-ring (bicyclic) bond motifs is 1. The highest BCUT2D eigenvalue weighted by Gasteiger charge is 2.29. The second-order valence-corrected chi connectivity index (χ2v) is 8.17. The Kier molecular flexibility index (Phi) is 5.19. The van der Waals surface area contributed by atoms with Crippen LogP contribution in [0.2, 0.25) is 0 Å². The summed E-state index contributed by atoms with van der Waals surface area (Å²) in [6.07, 6.45) is -3.05. The Balaban J connectivity index is 1.56. The fourth-order valence-corrected chi connectivity index (χ4v) is 4.24. The summed E-state index contributed by atoms with van der Waals surface area (Å²) in [5.74, 6) is -1.35. The lowest BCUT2D eigenvalue weighted by Crippen LogP contribution is -2.52. The molecule has 0 aliphatic carbocycles. The molecule has 3 heterocycles. The van der Waals surface area contributed by atoms with E-state index >= 15 is 0 Å². The van der Waals surface area contributed by atoms with Gasteiger partial charge in [-0.05, 0) is 35.9 Å². The number of aromatic nitrogens is 1. The number of hydrogen-bond donors (Lipinski definition) is 5. The minimum Gasteiger partial charge on any atom is -0.408 e. The third-order valence-corrected chi connectivity index (χ3v) is 6.01. The predicted octanol–water partition coefficient (Wildman–Crippen LogP) is -0.362. The van der Waals surface area contributed by atoms with Crippen LogP contribution >= 0.6 is 11.3 Å². The molecule has 5 N–H and O–H groups in total. The molecule has 1 amide bonds. The molecule has 1 atom stereocenters. The molecule has 4 rings (SSSR count). The maximum atomic E-state index is 12.1. The van der Waals surface area contributed by atoms with Crippen molar-refractivity contribution in [3.05, 3.63) is 45.8 Å². The van der Waals surface area contributed by atoms with Crippen molar-refractivity contribution in [2.45, 2.75) is 18.6 Å². The fourth-order valence-electron chi connectivity index (χ4n) is 3.19. The summed E-state index contributed by atoms with van der Waals surface area (Å²) in [6.45, 7) is 1.23. The second kappa shape index (κ2) is 7.67. The molecule has 0 spiro atoms. The number of nitrogens with zero attached hydrogens (tertiary/aromatic N) is 2. The van der Waals surface area contributed by atoms with E-state index < -0.39 is 17.9 Å². The summed E-state index contributed by atoms with van der Waals surface area (Å²) >= 11 is 1.39. The van der Waals surface area contributed by atoms with Crippen molar-refractivity contribution in [2.24, 2.45) is 5.92 Å². The quantitative estimate of drug-likeness (QED) is 0.331. The summed E-state index contributed by atoms with van der Waals surface area (Å²) in [7, 11) is 0. The van der Waals surface area contributed by atoms with Crippen molar-refractivity contribution in [3.8, 4) is 16.5 Å². The molecule has 0 unspecified atom stereocenters. The van der Waals surface area contributed by atoms with E-state index in [1.165, 1.54) is 23.5 Å². The zero-order chi connectivity index (χ0) is 21.5. The van der Waals surface area contributed by atoms with Crippen molar-refractivity contribution >= 4 is 28.3 Å². The predicted molar refractivity (Wildman–Crippen MR) is 106 cm³/mol. The number of oxazole rings is 1. The maximum Gasteiger partial charge on any atom is 0.426 e. The van der Waals surface area contributed by atoms with Gasteiger partial charge in [0.2, 0.25) is 5.91 Å². The van der Waals surface area contributed by atoms with Gasteiger partial charge in [-0.3, -0.25) is 4.79 Å². The topological polar surface area (TPSA) is 161 Å². The van der Waals surface area contributed by atoms with E-state index in [4.69, 9.17) is 4.42 Å². The monoisotopic (exact) mass is 430 g/mol. The molecule has 0 saturated carbocycles. The molecule has 1 aliphatic heterocycles. The van der Waals surface area contributed by atoms with E-state index in [0.717, 1.165) is 9.75 Å². The van der Waals surface area contributed by atoms with Gasteiger partial charge in [0.25, 0.3) is 0 Å². The Morgan fingerprint density at radius 3 is 2.77 bits per heavy atom. The molecular weight excluding hydrogens is 412 g/mol. The van der Waals surface area contributed by atoms with E-state index in [1.54, 1.807) is 6.07 Å². The minimum absolute atomic E-state index is 0.0104. The normalized spacial score (nSPS) is 15.5. The molecule has 1 fully saturated rings. The number of carbonyl (C=O) groups excluding carboxylic acids is 1. The molecule has 3 aromatic rings. The van der Waals surface area contributed by atoms with Crippen LogP contribution in [0.5, 0.6) is 0 Å². The van der Waals surface area contributed by atoms with Crippen LogP contribution < -0.4 is 16.4 Å². The van der Waals surface area contributed by atoms with Crippen LogP contribution in [-0.2, 0) is 17.3 Å². The van der Waals surface area contributed by atoms with Gasteiger partial charge in [0.15, 0.2) is 5.58 Å². The zero-order valence-corrected chi connectivity index (χ0v) is 16.3. The van der Waals surface area contributed by atoms with E-state index in [9.17, 15) is 30.2 Å². The van der Waals surface area contributed by atoms with Crippen LogP contribution in [0.3, 0.4) is 0 Å². The second-order valence-electron chi connectivity index (χ2n) is 7.00. The minimum atomic E-state index is -3.39. The fraction of sp³-hybridized carbons (Fsp3) is 0.316. The number of benzene rings is 1. The van der Waals surface area contributed by atoms with E-state index in [1.807, 2.05) is 12.1 Å². The molecule has 2 aromatic heterocycles. The van der Waals surface area contributed by atoms with Gasteiger partial charge in [0.05, 0.1) is 17.5 Å². The average molecular weight is 430 g/mol. The number of amides is 1. The van der Waals surface area contributed by atoms with Crippen LogP contribution in [0.4, 0.5) is 0 Å². The molecule has 10 nitrogen and oxygen atoms in total. The van der Waals surface area contributed by atoms with Crippen molar-refractivity contribution in [2.75, 3.05) is 13.1 Å². The van der Waals surface area contributed by atoms with Gasteiger partial charge >= 0.3 is 11.9 Å². The summed E-state index contributed by atoms with van der Waals surface area (Å²) < 4.78 is 5.24. The lowest BCUT2D eigenvalue weighted by molar-refractivity contribution is -0.375. The molecule has 0 bridgehead atoms. The van der Waals surface area contributed by atoms with Crippen LogP contribution in [0, 0.1) is 17.2 Å². The Labute approximate surface area is 173 Å². The maximum absolute atomic E-state index is 12.1. The third-order valence-electron chi connectivity index (χ3n) is 4.86. The summed E-state index contributed by atoms with van der Waals surface area (Å²) in [4.78, 5) is 25.5. The summed E-state index contributed by atoms with van der Waals surface area (Å²) in [5.41, 5.74) is 0.742. The third kappa shape index (κ3) is 3.87. The average Bonchev–Trinajstić information content (AvgIpc) is 3.21. The molecule has 0 radical (unpaired) electrons. The zero-order valence-electron chi connectivity index (χ0n) is 15.5. The van der Waals surface area contributed by atoms with Crippen LogP contribution in [0.1, 0.15) is 4.88 Å². The van der Waals surface area contributed by atoms with Gasteiger partial charge in [-0.25, -0.2) is 4.79 Å². The number of aliphatic hydroxyl groups is 3. The first-order chi connectivity index (χ1) is 14.3. The Morgan fingerprint density at radius 2 is 2.13 bits per heavy atom. The molecule has 156 valence electrons. The number of nitrogens with one attached hydrogen (secondary N) is 2. The molecule has 1 aliphatic rings. The highest BCUT2D eigenvalue weighted by atomic mass is 32.1. The van der Waals surface area contributed by atoms with Gasteiger partial charge in [0.1, 0.15) is 6.04 Å². The van der Waals surface area contributed by atoms with Crippen LogP contribution in [-0.4, -0.2) is 44.9 Å². The summed E-state index contributed by atoms with van der Waals surface area (Å²) in [5, 5.41) is 43.4. The largest absolute Gasteiger partial charge is 0.426 e. The first-order valence-corrected chi connectivity index (χ1v) is 9.91. The Hall–Kier alpha value is -3.01. The Morgan fingerprint density at radius 1 is 1.37 bits per heavy atom. The smallest absolute Gasteiger partial charge is 0.408 e. The molecule has 11 heteroatoms. The van der Waals surface area contributed by atoms with Crippen LogP contribution in [0.25, 0.3) is 21.5 Å². The van der Waals surface area contributed by atoms with Gasteiger partial charge < -0.3 is 30.4 Å². The number of nitriles is 1. The van der Waals surface area contributed by atoms with Gasteiger partial charge in [-0.2, -0.15) is 9.83 Å². The van der Waals surface area contributed by atoms with E-state index in [-0.39, 0.29) is 22.9 Å². The summed E-state index contributed by atoms with van der Waals surface area (Å²) in [6, 6.07) is 9.77. The molecule has 30 heavy (non-hydrogen) atoms. The number of carbonyl (C=O) groups is 1. The Bertz CT molecular complexity index is 1190. The van der Waals surface area contributed by atoms with Crippen molar-refractivity contribution < 1.29 is 24.5 Å². The SMILES string of the molecule is N#C[C@H](Cc1ccc(-c2ccc3oc(=O)n(C(O)(O)O)c3c2)s1)NC(=O)C1CNC1. The standard InChI is InChI=1S/C19H18N4O6S/c20-7-12(22-17(24)11-8-21-9-11)6-13-2-4-16(30-13)10-1-3-15-14(5-10)23(18(25)29-15)19(26,27)28/h1-5,11-12,21,26-28H,6,8-9H2,(H,22,24)/t12-/m0/s1. The van der Waals surface area contributed by atoms with E-state index in [0.29, 0.717) is 29.6 Å². The van der Waals surface area contributed by atoms with E-state index in [2.05, 4.69) is 16.7 Å². The van der Waals surface area contributed by atoms with Gasteiger partial charge in [0, 0.05) is 29.3 Å². The number of rotatable bonds is 6. The van der Waals surface area contributed by atoms with Crippen molar-refractivity contribution in [1.82, 2.24) is 15.2 Å². The number of hydrogen-bond acceptors (Lipinski definition) is 9. The molecule has 1 aromatic carbocycles. The lowest BCUT2D eigenvalue weighted by atomic mass is 10.0. The van der Waals surface area contributed by atoms with Gasteiger partial charge in [-0.15, -0.1) is 11.3 Å². The van der Waals surface area contributed by atoms with Gasteiger partial charge in [-0.1, -0.05) is 0 Å². The first kappa shape index (κ1) is 20.3.